The lowest BCUT2D eigenvalue weighted by Gasteiger charge is -2.23. The second-order valence-corrected chi connectivity index (χ2v) is 5.90. The molecule has 1 amide bonds. The molecular weight excluding hydrogens is 276 g/mol. The minimum Gasteiger partial charge on any atom is -0.379 e. The average molecular weight is 298 g/mol. The lowest BCUT2D eigenvalue weighted by molar-refractivity contribution is 0.0625. The molecule has 22 heavy (non-hydrogen) atoms. The van der Waals surface area contributed by atoms with Crippen LogP contribution in [0.5, 0.6) is 0 Å². The van der Waals surface area contributed by atoms with E-state index >= 15 is 0 Å². The number of nitrogens with zero attached hydrogens (tertiary/aromatic N) is 1. The summed E-state index contributed by atoms with van der Waals surface area (Å²) >= 11 is 0. The molecule has 0 radical (unpaired) electrons. The number of pyridine rings is 1. The first-order valence-electron chi connectivity index (χ1n) is 7.96. The van der Waals surface area contributed by atoms with E-state index in [2.05, 4.69) is 29.4 Å². The highest BCUT2D eigenvalue weighted by atomic mass is 16.5. The minimum atomic E-state index is -0.0285. The zero-order chi connectivity index (χ0) is 15.5. The van der Waals surface area contributed by atoms with Crippen LogP contribution in [0.1, 0.15) is 41.4 Å². The van der Waals surface area contributed by atoms with Crippen LogP contribution in [0.3, 0.4) is 0 Å². The topological polar surface area (TPSA) is 51.2 Å². The summed E-state index contributed by atoms with van der Waals surface area (Å²) in [5.41, 5.74) is 3.67. The molecule has 0 aliphatic carbocycles. The fourth-order valence-corrected chi connectivity index (χ4v) is 2.93. The van der Waals surface area contributed by atoms with Gasteiger partial charge in [0.25, 0.3) is 5.91 Å². The number of aromatic nitrogens is 1. The van der Waals surface area contributed by atoms with Crippen molar-refractivity contribution >= 4 is 16.8 Å². The Morgan fingerprint density at radius 3 is 3.00 bits per heavy atom. The lowest BCUT2D eigenvalue weighted by atomic mass is 10.0. The van der Waals surface area contributed by atoms with Crippen LogP contribution in [-0.2, 0) is 11.2 Å². The lowest BCUT2D eigenvalue weighted by Crippen LogP contribution is -2.40. The van der Waals surface area contributed by atoms with E-state index in [1.807, 2.05) is 19.1 Å². The van der Waals surface area contributed by atoms with Gasteiger partial charge in [0.1, 0.15) is 0 Å². The summed E-state index contributed by atoms with van der Waals surface area (Å²) in [5.74, 6) is -0.0285. The van der Waals surface area contributed by atoms with Gasteiger partial charge in [0, 0.05) is 17.7 Å². The van der Waals surface area contributed by atoms with Crippen LogP contribution in [0.2, 0.25) is 0 Å². The molecule has 1 aliphatic heterocycles. The third-order valence-corrected chi connectivity index (χ3v) is 4.15. The number of carbonyl (C=O) groups excluding carboxylic acids is 1. The van der Waals surface area contributed by atoms with Gasteiger partial charge < -0.3 is 10.1 Å². The fourth-order valence-electron chi connectivity index (χ4n) is 2.93. The van der Waals surface area contributed by atoms with Crippen LogP contribution >= 0.6 is 0 Å². The van der Waals surface area contributed by atoms with Gasteiger partial charge in [-0.1, -0.05) is 13.0 Å². The highest BCUT2D eigenvalue weighted by Crippen LogP contribution is 2.21. The summed E-state index contributed by atoms with van der Waals surface area (Å²) in [5, 5.41) is 4.03. The van der Waals surface area contributed by atoms with E-state index in [0.29, 0.717) is 12.2 Å². The molecule has 1 saturated heterocycles. The van der Waals surface area contributed by atoms with Crippen molar-refractivity contribution in [2.75, 3.05) is 13.2 Å². The summed E-state index contributed by atoms with van der Waals surface area (Å²) in [6.45, 7) is 5.44. The average Bonchev–Trinajstić information content (AvgIpc) is 2.54. The molecule has 4 nitrogen and oxygen atoms in total. The summed E-state index contributed by atoms with van der Waals surface area (Å²) in [6, 6.07) is 8.14. The Balaban J connectivity index is 1.95. The van der Waals surface area contributed by atoms with E-state index < -0.39 is 0 Å². The van der Waals surface area contributed by atoms with E-state index in [1.165, 1.54) is 5.56 Å². The molecule has 1 aromatic heterocycles. The highest BCUT2D eigenvalue weighted by Gasteiger charge is 2.19. The summed E-state index contributed by atoms with van der Waals surface area (Å²) in [6.07, 6.45) is 2.93. The Kier molecular flexibility index (Phi) is 4.39. The maximum absolute atomic E-state index is 12.7. The van der Waals surface area contributed by atoms with Gasteiger partial charge in [0.05, 0.1) is 23.7 Å². The molecule has 0 unspecified atom stereocenters. The molecule has 3 rings (SSSR count). The second-order valence-electron chi connectivity index (χ2n) is 5.90. The molecule has 1 aliphatic rings. The quantitative estimate of drug-likeness (QED) is 0.947. The zero-order valence-corrected chi connectivity index (χ0v) is 13.2. The van der Waals surface area contributed by atoms with Crippen molar-refractivity contribution in [1.82, 2.24) is 10.3 Å². The van der Waals surface area contributed by atoms with Crippen LogP contribution in [0.15, 0.2) is 24.3 Å². The van der Waals surface area contributed by atoms with Gasteiger partial charge in [-0.3, -0.25) is 9.78 Å². The number of nitrogens with one attached hydrogen (secondary N) is 1. The van der Waals surface area contributed by atoms with Crippen molar-refractivity contribution in [3.05, 3.63) is 41.1 Å². The van der Waals surface area contributed by atoms with Crippen molar-refractivity contribution in [2.45, 2.75) is 39.2 Å². The van der Waals surface area contributed by atoms with E-state index in [1.54, 1.807) is 0 Å². The molecule has 4 heteroatoms. The van der Waals surface area contributed by atoms with Gasteiger partial charge in [-0.05, 0) is 49.9 Å². The number of ether oxygens (including phenoxy) is 1. The Hall–Kier alpha value is -1.94. The number of hydrogen-bond donors (Lipinski definition) is 1. The number of rotatable bonds is 3. The second kappa shape index (κ2) is 6.44. The number of hydrogen-bond acceptors (Lipinski definition) is 3. The smallest absolute Gasteiger partial charge is 0.252 e. The summed E-state index contributed by atoms with van der Waals surface area (Å²) in [4.78, 5) is 17.2. The molecule has 2 aromatic rings. The molecule has 1 aromatic carbocycles. The predicted octanol–water partition coefficient (Wildman–Crippen LogP) is 3.01. The highest BCUT2D eigenvalue weighted by molar-refractivity contribution is 6.06. The minimum absolute atomic E-state index is 0.0285. The monoisotopic (exact) mass is 298 g/mol. The van der Waals surface area contributed by atoms with E-state index in [9.17, 15) is 4.79 Å². The molecule has 0 saturated carbocycles. The van der Waals surface area contributed by atoms with Crippen molar-refractivity contribution in [3.8, 4) is 0 Å². The van der Waals surface area contributed by atoms with Crippen molar-refractivity contribution in [1.29, 1.82) is 0 Å². The standard InChI is InChI=1S/C18H22N2O2/c1-3-13-6-7-17-15(10-13)16(9-12(2)19-17)18(21)20-14-5-4-8-22-11-14/h6-7,9-10,14H,3-5,8,11H2,1-2H3,(H,20,21)/t14-/m0/s1. The molecular formula is C18H22N2O2. The third-order valence-electron chi connectivity index (χ3n) is 4.15. The molecule has 2 heterocycles. The third kappa shape index (κ3) is 3.12. The van der Waals surface area contributed by atoms with Crippen molar-refractivity contribution < 1.29 is 9.53 Å². The van der Waals surface area contributed by atoms with Crippen LogP contribution in [0.25, 0.3) is 10.9 Å². The fraction of sp³-hybridized carbons (Fsp3) is 0.444. The van der Waals surface area contributed by atoms with Crippen LogP contribution < -0.4 is 5.32 Å². The van der Waals surface area contributed by atoms with Gasteiger partial charge in [0.15, 0.2) is 0 Å². The first kappa shape index (κ1) is 15.0. The number of carbonyl (C=O) groups is 1. The molecule has 1 atom stereocenters. The summed E-state index contributed by atoms with van der Waals surface area (Å²) < 4.78 is 5.44. The number of aryl methyl sites for hydroxylation is 2. The molecule has 1 N–H and O–H groups in total. The number of amides is 1. The maximum atomic E-state index is 12.7. The number of benzene rings is 1. The van der Waals surface area contributed by atoms with E-state index in [0.717, 1.165) is 42.5 Å². The van der Waals surface area contributed by atoms with Crippen molar-refractivity contribution in [3.63, 3.8) is 0 Å². The van der Waals surface area contributed by atoms with E-state index in [4.69, 9.17) is 4.74 Å². The van der Waals surface area contributed by atoms with Gasteiger partial charge >= 0.3 is 0 Å². The largest absolute Gasteiger partial charge is 0.379 e. The van der Waals surface area contributed by atoms with E-state index in [-0.39, 0.29) is 11.9 Å². The molecule has 0 bridgehead atoms. The maximum Gasteiger partial charge on any atom is 0.252 e. The first-order chi connectivity index (χ1) is 10.7. The molecule has 116 valence electrons. The SMILES string of the molecule is CCc1ccc2nc(C)cc(C(=O)N[C@H]3CCCOC3)c2c1. The van der Waals surface area contributed by atoms with Crippen molar-refractivity contribution in [2.24, 2.45) is 0 Å². The molecule has 1 fully saturated rings. The molecule has 0 spiro atoms. The van der Waals surface area contributed by atoms with Gasteiger partial charge in [0.2, 0.25) is 0 Å². The zero-order valence-electron chi connectivity index (χ0n) is 13.2. The van der Waals surface area contributed by atoms with Crippen LogP contribution in [0, 0.1) is 6.92 Å². The Labute approximate surface area is 130 Å². The van der Waals surface area contributed by atoms with Gasteiger partial charge in [-0.15, -0.1) is 0 Å². The van der Waals surface area contributed by atoms with Gasteiger partial charge in [-0.25, -0.2) is 0 Å². The Morgan fingerprint density at radius 1 is 1.41 bits per heavy atom. The number of fused-ring (bicyclic) bond motifs is 1. The predicted molar refractivity (Wildman–Crippen MR) is 87.2 cm³/mol. The van der Waals surface area contributed by atoms with Crippen LogP contribution in [0.4, 0.5) is 0 Å². The first-order valence-corrected chi connectivity index (χ1v) is 7.96. The Morgan fingerprint density at radius 2 is 2.27 bits per heavy atom. The van der Waals surface area contributed by atoms with Crippen LogP contribution in [-0.4, -0.2) is 30.1 Å². The summed E-state index contributed by atoms with van der Waals surface area (Å²) in [7, 11) is 0. The normalized spacial score (nSPS) is 18.4. The van der Waals surface area contributed by atoms with Gasteiger partial charge in [-0.2, -0.15) is 0 Å². The Bertz CT molecular complexity index is 691.